The number of benzene rings is 1. The molecule has 0 unspecified atom stereocenters. The molecule has 1 aliphatic heterocycles. The van der Waals surface area contributed by atoms with E-state index in [0.29, 0.717) is 10.6 Å². The molecule has 1 aromatic rings. The predicted octanol–water partition coefficient (Wildman–Crippen LogP) is 1.81. The molecule has 1 heterocycles. The number of epoxide rings is 1. The number of hydrogen-bond acceptors (Lipinski definition) is 3. The molecule has 1 N–H and O–H groups in total. The van der Waals surface area contributed by atoms with Crippen LogP contribution in [-0.4, -0.2) is 29.9 Å². The Morgan fingerprint density at radius 2 is 1.83 bits per heavy atom. The normalized spacial score (nSPS) is 21.8. The van der Waals surface area contributed by atoms with Crippen molar-refractivity contribution in [3.8, 4) is 0 Å². The van der Waals surface area contributed by atoms with Crippen LogP contribution in [-0.2, 0) is 9.53 Å². The number of Topliss-reactive ketones (excluding diaryl/α,β-unsaturated/α-hetero) is 1. The molecule has 0 aliphatic carbocycles. The van der Waals surface area contributed by atoms with E-state index in [1.165, 1.54) is 0 Å². The van der Waals surface area contributed by atoms with Crippen molar-refractivity contribution < 1.29 is 14.3 Å². The van der Waals surface area contributed by atoms with Crippen molar-refractivity contribution in [3.05, 3.63) is 34.9 Å². The molecule has 1 saturated heterocycles. The van der Waals surface area contributed by atoms with Gasteiger partial charge in [0.15, 0.2) is 18.0 Å². The Morgan fingerprint density at radius 3 is 2.39 bits per heavy atom. The number of ether oxygens (including phenoxy) is 1. The summed E-state index contributed by atoms with van der Waals surface area (Å²) in [5, 5.41) is 3.28. The minimum Gasteiger partial charge on any atom is -0.352 e. The van der Waals surface area contributed by atoms with Crippen LogP contribution in [0.15, 0.2) is 24.3 Å². The van der Waals surface area contributed by atoms with Crippen LogP contribution >= 0.6 is 11.6 Å². The van der Waals surface area contributed by atoms with E-state index in [1.54, 1.807) is 24.3 Å². The third kappa shape index (κ3) is 2.89. The van der Waals surface area contributed by atoms with Crippen LogP contribution in [0.25, 0.3) is 0 Å². The molecule has 0 aromatic heterocycles. The Balaban J connectivity index is 1.97. The number of hydrogen-bond donors (Lipinski definition) is 1. The van der Waals surface area contributed by atoms with Crippen LogP contribution in [0.1, 0.15) is 24.2 Å². The van der Waals surface area contributed by atoms with Crippen LogP contribution in [0.5, 0.6) is 0 Å². The monoisotopic (exact) mass is 267 g/mol. The molecule has 2 rings (SSSR count). The molecule has 1 fully saturated rings. The summed E-state index contributed by atoms with van der Waals surface area (Å²) < 4.78 is 5.13. The highest BCUT2D eigenvalue weighted by molar-refractivity contribution is 6.30. The first kappa shape index (κ1) is 13.1. The lowest BCUT2D eigenvalue weighted by molar-refractivity contribution is -0.122. The second-order valence-corrected chi connectivity index (χ2v) is 4.95. The topological polar surface area (TPSA) is 58.7 Å². The third-order valence-corrected chi connectivity index (χ3v) is 2.82. The van der Waals surface area contributed by atoms with Gasteiger partial charge in [-0.05, 0) is 38.1 Å². The summed E-state index contributed by atoms with van der Waals surface area (Å²) in [7, 11) is 0. The third-order valence-electron chi connectivity index (χ3n) is 2.57. The summed E-state index contributed by atoms with van der Waals surface area (Å²) in [6, 6.07) is 6.57. The first-order valence-corrected chi connectivity index (χ1v) is 6.12. The second-order valence-electron chi connectivity index (χ2n) is 4.51. The quantitative estimate of drug-likeness (QED) is 0.669. The number of ketones is 1. The van der Waals surface area contributed by atoms with Gasteiger partial charge in [-0.2, -0.15) is 0 Å². The number of rotatable bonds is 4. The summed E-state index contributed by atoms with van der Waals surface area (Å²) in [5.41, 5.74) is 0.504. The Bertz CT molecular complexity index is 470. The first-order valence-electron chi connectivity index (χ1n) is 5.74. The van der Waals surface area contributed by atoms with E-state index in [4.69, 9.17) is 16.3 Å². The molecule has 0 radical (unpaired) electrons. The molecule has 0 spiro atoms. The molecule has 2 atom stereocenters. The molecule has 0 bridgehead atoms. The van der Waals surface area contributed by atoms with Gasteiger partial charge >= 0.3 is 0 Å². The van der Waals surface area contributed by atoms with Crippen molar-refractivity contribution in [1.29, 1.82) is 0 Å². The molecule has 1 aromatic carbocycles. The Kier molecular flexibility index (Phi) is 3.68. The smallest absolute Gasteiger partial charge is 0.252 e. The van der Waals surface area contributed by atoms with Crippen molar-refractivity contribution >= 4 is 23.3 Å². The second kappa shape index (κ2) is 5.08. The minimum atomic E-state index is -0.662. The predicted molar refractivity (Wildman–Crippen MR) is 67.7 cm³/mol. The van der Waals surface area contributed by atoms with Crippen molar-refractivity contribution in [3.63, 3.8) is 0 Å². The summed E-state index contributed by atoms with van der Waals surface area (Å²) in [6.07, 6.45) is -1.32. The van der Waals surface area contributed by atoms with E-state index >= 15 is 0 Å². The number of amides is 1. The van der Waals surface area contributed by atoms with Crippen LogP contribution in [0.2, 0.25) is 5.02 Å². The lowest BCUT2D eigenvalue weighted by atomic mass is 10.1. The Labute approximate surface area is 110 Å². The summed E-state index contributed by atoms with van der Waals surface area (Å²) in [5.74, 6) is -0.423. The fourth-order valence-corrected chi connectivity index (χ4v) is 1.78. The van der Waals surface area contributed by atoms with E-state index in [1.807, 2.05) is 13.8 Å². The lowest BCUT2D eigenvalue weighted by Gasteiger charge is -2.05. The lowest BCUT2D eigenvalue weighted by Crippen LogP contribution is -2.35. The maximum Gasteiger partial charge on any atom is 0.252 e. The molecule has 1 amide bonds. The van der Waals surface area contributed by atoms with Crippen LogP contribution in [0.3, 0.4) is 0 Å². The molecular weight excluding hydrogens is 254 g/mol. The van der Waals surface area contributed by atoms with Crippen LogP contribution in [0, 0.1) is 0 Å². The van der Waals surface area contributed by atoms with Crippen molar-refractivity contribution in [2.75, 3.05) is 0 Å². The summed E-state index contributed by atoms with van der Waals surface area (Å²) >= 11 is 5.74. The molecule has 18 heavy (non-hydrogen) atoms. The molecule has 1 aliphatic rings. The maximum absolute atomic E-state index is 12.0. The number of halogens is 1. The zero-order valence-corrected chi connectivity index (χ0v) is 10.9. The zero-order valence-electron chi connectivity index (χ0n) is 10.1. The highest BCUT2D eigenvalue weighted by Crippen LogP contribution is 2.26. The molecule has 96 valence electrons. The number of carbonyl (C=O) groups excluding carboxylic acids is 2. The van der Waals surface area contributed by atoms with Gasteiger partial charge in [0.25, 0.3) is 5.91 Å². The van der Waals surface area contributed by atoms with Crippen molar-refractivity contribution in [1.82, 2.24) is 5.32 Å². The minimum absolute atomic E-state index is 0.0352. The van der Waals surface area contributed by atoms with Gasteiger partial charge in [-0.1, -0.05) is 11.6 Å². The van der Waals surface area contributed by atoms with Crippen molar-refractivity contribution in [2.45, 2.75) is 32.1 Å². The van der Waals surface area contributed by atoms with E-state index in [-0.39, 0.29) is 17.7 Å². The fourth-order valence-electron chi connectivity index (χ4n) is 1.66. The Hall–Kier alpha value is -1.39. The van der Waals surface area contributed by atoms with E-state index in [0.717, 1.165) is 0 Å². The van der Waals surface area contributed by atoms with Gasteiger partial charge in [0, 0.05) is 16.6 Å². The molecule has 0 saturated carbocycles. The van der Waals surface area contributed by atoms with Gasteiger partial charge < -0.3 is 10.1 Å². The number of nitrogens with one attached hydrogen (secondary N) is 1. The van der Waals surface area contributed by atoms with E-state index < -0.39 is 12.2 Å². The summed E-state index contributed by atoms with van der Waals surface area (Å²) in [4.78, 5) is 23.6. The Morgan fingerprint density at radius 1 is 1.22 bits per heavy atom. The largest absolute Gasteiger partial charge is 0.352 e. The fraction of sp³-hybridized carbons (Fsp3) is 0.385. The van der Waals surface area contributed by atoms with Gasteiger partial charge in [0.1, 0.15) is 0 Å². The van der Waals surface area contributed by atoms with Gasteiger partial charge in [-0.3, -0.25) is 9.59 Å². The van der Waals surface area contributed by atoms with Gasteiger partial charge in [0.2, 0.25) is 0 Å². The zero-order chi connectivity index (χ0) is 13.3. The molecule has 4 nitrogen and oxygen atoms in total. The van der Waals surface area contributed by atoms with Crippen LogP contribution < -0.4 is 5.32 Å². The SMILES string of the molecule is CC(C)NC(=O)[C@H]1O[C@@H]1C(=O)c1ccc(Cl)cc1. The van der Waals surface area contributed by atoms with E-state index in [9.17, 15) is 9.59 Å². The average molecular weight is 268 g/mol. The average Bonchev–Trinajstić information content (AvgIpc) is 3.08. The number of carbonyl (C=O) groups is 2. The molecule has 5 heteroatoms. The van der Waals surface area contributed by atoms with Gasteiger partial charge in [-0.15, -0.1) is 0 Å². The van der Waals surface area contributed by atoms with Crippen LogP contribution in [0.4, 0.5) is 0 Å². The van der Waals surface area contributed by atoms with Gasteiger partial charge in [-0.25, -0.2) is 0 Å². The molecular formula is C13H14ClNO3. The highest BCUT2D eigenvalue weighted by Gasteiger charge is 2.50. The first-order chi connectivity index (χ1) is 8.49. The van der Waals surface area contributed by atoms with Crippen molar-refractivity contribution in [2.24, 2.45) is 0 Å². The van der Waals surface area contributed by atoms with E-state index in [2.05, 4.69) is 5.32 Å². The highest BCUT2D eigenvalue weighted by atomic mass is 35.5. The standard InChI is InChI=1S/C13H14ClNO3/c1-7(2)15-13(17)12-11(18-12)10(16)8-3-5-9(14)6-4-8/h3-7,11-12H,1-2H3,(H,15,17)/t11-,12+/m1/s1. The maximum atomic E-state index is 12.0. The van der Waals surface area contributed by atoms with Gasteiger partial charge in [0.05, 0.1) is 0 Å². The summed E-state index contributed by atoms with van der Waals surface area (Å²) in [6.45, 7) is 3.71.